The fourth-order valence-electron chi connectivity index (χ4n) is 2.53. The predicted molar refractivity (Wildman–Crippen MR) is 97.4 cm³/mol. The van der Waals surface area contributed by atoms with Gasteiger partial charge in [0, 0.05) is 13.1 Å². The molecular formula is C19H22N3S+. The van der Waals surface area contributed by atoms with E-state index in [1.54, 1.807) is 11.5 Å². The summed E-state index contributed by atoms with van der Waals surface area (Å²) in [4.78, 5) is 7.23. The van der Waals surface area contributed by atoms with Crippen LogP contribution in [0, 0.1) is 6.92 Å². The average Bonchev–Trinajstić information content (AvgIpc) is 3.02. The second-order valence-electron chi connectivity index (χ2n) is 5.48. The summed E-state index contributed by atoms with van der Waals surface area (Å²) < 4.78 is 2.22. The van der Waals surface area contributed by atoms with E-state index in [1.807, 2.05) is 6.07 Å². The SMILES string of the molecule is CCN(CC)c1nc(-c2ccc(C)cc2)[n+](-c2ccccc2)s1. The normalized spacial score (nSPS) is 10.7. The molecule has 0 fully saturated rings. The molecular weight excluding hydrogens is 302 g/mol. The zero-order chi connectivity index (χ0) is 16.2. The van der Waals surface area contributed by atoms with E-state index in [1.165, 1.54) is 5.56 Å². The summed E-state index contributed by atoms with van der Waals surface area (Å²) in [6, 6.07) is 19.0. The molecule has 118 valence electrons. The summed E-state index contributed by atoms with van der Waals surface area (Å²) in [5.74, 6) is 1.00. The van der Waals surface area contributed by atoms with E-state index in [9.17, 15) is 0 Å². The lowest BCUT2D eigenvalue weighted by atomic mass is 10.1. The number of aryl methyl sites for hydroxylation is 1. The van der Waals surface area contributed by atoms with Gasteiger partial charge in [-0.3, -0.25) is 0 Å². The highest BCUT2D eigenvalue weighted by Gasteiger charge is 2.26. The number of nitrogens with zero attached hydrogens (tertiary/aromatic N) is 3. The monoisotopic (exact) mass is 324 g/mol. The third kappa shape index (κ3) is 3.27. The molecule has 0 unspecified atom stereocenters. The van der Waals surface area contributed by atoms with Crippen molar-refractivity contribution < 1.29 is 3.96 Å². The lowest BCUT2D eigenvalue weighted by Crippen LogP contribution is -2.28. The van der Waals surface area contributed by atoms with E-state index in [2.05, 4.69) is 78.2 Å². The molecule has 0 radical (unpaired) electrons. The van der Waals surface area contributed by atoms with Crippen LogP contribution in [0.1, 0.15) is 19.4 Å². The Labute approximate surface area is 142 Å². The minimum absolute atomic E-state index is 0.964. The van der Waals surface area contributed by atoms with E-state index in [0.717, 1.165) is 35.3 Å². The standard InChI is InChI=1S/C19H22N3S/c1-4-21(5-2)19-20-18(16-13-11-15(3)12-14-16)22(23-19)17-9-7-6-8-10-17/h6-14H,4-5H2,1-3H3/q+1. The highest BCUT2D eigenvalue weighted by Crippen LogP contribution is 2.24. The van der Waals surface area contributed by atoms with Crippen LogP contribution >= 0.6 is 11.5 Å². The van der Waals surface area contributed by atoms with E-state index in [0.29, 0.717) is 0 Å². The first-order chi connectivity index (χ1) is 11.2. The molecule has 0 amide bonds. The minimum atomic E-state index is 0.964. The second-order valence-corrected chi connectivity index (χ2v) is 6.39. The highest BCUT2D eigenvalue weighted by atomic mass is 32.1. The Balaban J connectivity index is 2.14. The van der Waals surface area contributed by atoms with Crippen LogP contribution in [0.15, 0.2) is 54.6 Å². The smallest absolute Gasteiger partial charge is 0.325 e. The third-order valence-electron chi connectivity index (χ3n) is 3.90. The van der Waals surface area contributed by atoms with Gasteiger partial charge in [-0.05, 0) is 50.0 Å². The minimum Gasteiger partial charge on any atom is -0.325 e. The summed E-state index contributed by atoms with van der Waals surface area (Å²) in [7, 11) is 0. The maximum atomic E-state index is 4.94. The first-order valence-electron chi connectivity index (χ1n) is 8.03. The molecule has 0 aliphatic carbocycles. The van der Waals surface area contributed by atoms with Gasteiger partial charge in [-0.1, -0.05) is 35.9 Å². The van der Waals surface area contributed by atoms with Crippen molar-refractivity contribution in [1.29, 1.82) is 0 Å². The van der Waals surface area contributed by atoms with Crippen LogP contribution in [0.4, 0.5) is 5.13 Å². The van der Waals surface area contributed by atoms with Crippen molar-refractivity contribution in [2.75, 3.05) is 18.0 Å². The molecule has 0 N–H and O–H groups in total. The van der Waals surface area contributed by atoms with Crippen LogP contribution in [0.5, 0.6) is 0 Å². The fourth-order valence-corrected chi connectivity index (χ4v) is 3.65. The van der Waals surface area contributed by atoms with Gasteiger partial charge in [0.15, 0.2) is 0 Å². The summed E-state index contributed by atoms with van der Waals surface area (Å²) in [6.45, 7) is 8.38. The second kappa shape index (κ2) is 6.92. The van der Waals surface area contributed by atoms with Crippen molar-refractivity contribution in [2.45, 2.75) is 20.8 Å². The van der Waals surface area contributed by atoms with Gasteiger partial charge in [0.05, 0.1) is 5.56 Å². The van der Waals surface area contributed by atoms with Crippen molar-refractivity contribution in [3.63, 3.8) is 0 Å². The highest BCUT2D eigenvalue weighted by molar-refractivity contribution is 7.06. The average molecular weight is 324 g/mol. The molecule has 3 aromatic rings. The maximum absolute atomic E-state index is 4.94. The third-order valence-corrected chi connectivity index (χ3v) is 4.98. The molecule has 1 aromatic heterocycles. The van der Waals surface area contributed by atoms with Crippen molar-refractivity contribution in [2.24, 2.45) is 0 Å². The molecule has 3 nitrogen and oxygen atoms in total. The van der Waals surface area contributed by atoms with E-state index in [4.69, 9.17) is 4.98 Å². The number of hydrogen-bond acceptors (Lipinski definition) is 3. The predicted octanol–water partition coefficient (Wildman–Crippen LogP) is 4.24. The van der Waals surface area contributed by atoms with Crippen LogP contribution in [0.3, 0.4) is 0 Å². The van der Waals surface area contributed by atoms with Crippen molar-refractivity contribution in [1.82, 2.24) is 4.98 Å². The number of rotatable bonds is 5. The van der Waals surface area contributed by atoms with Gasteiger partial charge in [0.1, 0.15) is 17.2 Å². The van der Waals surface area contributed by atoms with E-state index in [-0.39, 0.29) is 0 Å². The van der Waals surface area contributed by atoms with Crippen LogP contribution in [0.25, 0.3) is 17.1 Å². The van der Waals surface area contributed by atoms with Crippen molar-refractivity contribution in [3.8, 4) is 17.1 Å². The Morgan fingerprint density at radius 2 is 1.61 bits per heavy atom. The Kier molecular flexibility index (Phi) is 4.72. The molecule has 1 heterocycles. The van der Waals surface area contributed by atoms with Gasteiger partial charge in [0.2, 0.25) is 0 Å². The summed E-state index contributed by atoms with van der Waals surface area (Å²) in [5.41, 5.74) is 3.56. The molecule has 0 aliphatic rings. The zero-order valence-electron chi connectivity index (χ0n) is 13.9. The number of anilines is 1. The Morgan fingerprint density at radius 3 is 2.22 bits per heavy atom. The molecule has 0 aliphatic heterocycles. The molecule has 0 bridgehead atoms. The maximum Gasteiger partial charge on any atom is 0.350 e. The molecule has 2 aromatic carbocycles. The largest absolute Gasteiger partial charge is 0.350 e. The molecule has 0 atom stereocenters. The van der Waals surface area contributed by atoms with Crippen molar-refractivity contribution >= 4 is 16.7 Å². The summed E-state index contributed by atoms with van der Waals surface area (Å²) in [5, 5.41) is 1.06. The lowest BCUT2D eigenvalue weighted by molar-refractivity contribution is -0.509. The van der Waals surface area contributed by atoms with Gasteiger partial charge in [-0.25, -0.2) is 0 Å². The quantitative estimate of drug-likeness (QED) is 0.654. The zero-order valence-corrected chi connectivity index (χ0v) is 14.7. The molecule has 0 saturated carbocycles. The number of para-hydroxylation sites is 1. The molecule has 23 heavy (non-hydrogen) atoms. The van der Waals surface area contributed by atoms with E-state index < -0.39 is 0 Å². The fraction of sp³-hybridized carbons (Fsp3) is 0.263. The first kappa shape index (κ1) is 15.7. The number of aromatic nitrogens is 2. The topological polar surface area (TPSA) is 20.0 Å². The van der Waals surface area contributed by atoms with Crippen LogP contribution in [0.2, 0.25) is 0 Å². The van der Waals surface area contributed by atoms with Gasteiger partial charge in [0.25, 0.3) is 0 Å². The summed E-state index contributed by atoms with van der Waals surface area (Å²) in [6.07, 6.45) is 0. The van der Waals surface area contributed by atoms with Crippen LogP contribution in [-0.2, 0) is 0 Å². The number of benzene rings is 2. The summed E-state index contributed by atoms with van der Waals surface area (Å²) >= 11 is 1.70. The Hall–Kier alpha value is -2.20. The molecule has 4 heteroatoms. The van der Waals surface area contributed by atoms with Gasteiger partial charge in [-0.2, -0.15) is 0 Å². The first-order valence-corrected chi connectivity index (χ1v) is 8.81. The van der Waals surface area contributed by atoms with E-state index >= 15 is 0 Å². The number of hydrogen-bond donors (Lipinski definition) is 0. The molecule has 0 spiro atoms. The van der Waals surface area contributed by atoms with Crippen LogP contribution < -0.4 is 8.86 Å². The molecule has 3 rings (SSSR count). The lowest BCUT2D eigenvalue weighted by Gasteiger charge is -2.11. The Morgan fingerprint density at radius 1 is 0.957 bits per heavy atom. The van der Waals surface area contributed by atoms with Crippen molar-refractivity contribution in [3.05, 3.63) is 60.2 Å². The van der Waals surface area contributed by atoms with Gasteiger partial charge in [-0.15, -0.1) is 3.96 Å². The van der Waals surface area contributed by atoms with Crippen LogP contribution in [-0.4, -0.2) is 18.1 Å². The van der Waals surface area contributed by atoms with Gasteiger partial charge < -0.3 is 4.90 Å². The Bertz CT molecular complexity index is 759. The van der Waals surface area contributed by atoms with Gasteiger partial charge >= 0.3 is 11.0 Å². The molecule has 0 saturated heterocycles.